The predicted molar refractivity (Wildman–Crippen MR) is 149 cm³/mol. The van der Waals surface area contributed by atoms with Crippen LogP contribution in [0.5, 0.6) is 5.75 Å². The van der Waals surface area contributed by atoms with Gasteiger partial charge in [-0.2, -0.15) is 0 Å². The Balaban J connectivity index is 1.45. The summed E-state index contributed by atoms with van der Waals surface area (Å²) in [5, 5.41) is -0.0130. The Labute approximate surface area is 229 Å². The molecular formula is C28H21BrN2O4S2. The number of fused-ring (bicyclic) bond motifs is 2. The molecule has 6 rings (SSSR count). The molecule has 3 unspecified atom stereocenters. The first-order valence-corrected chi connectivity index (χ1v) is 14.2. The molecule has 2 aliphatic heterocycles. The van der Waals surface area contributed by atoms with Crippen LogP contribution in [0.4, 0.5) is 5.69 Å². The summed E-state index contributed by atoms with van der Waals surface area (Å²) in [5.74, 6) is -1.11. The first kappa shape index (κ1) is 24.2. The fourth-order valence-electron chi connectivity index (χ4n) is 5.04. The number of thioether (sulfide) groups is 1. The molecule has 4 aromatic rings. The first-order chi connectivity index (χ1) is 17.9. The lowest BCUT2D eigenvalue weighted by atomic mass is 9.82. The molecular weight excluding hydrogens is 572 g/mol. The van der Waals surface area contributed by atoms with Gasteiger partial charge in [0.15, 0.2) is 0 Å². The van der Waals surface area contributed by atoms with Crippen LogP contribution in [0.3, 0.4) is 0 Å². The van der Waals surface area contributed by atoms with Gasteiger partial charge in [0.1, 0.15) is 17.6 Å². The molecule has 1 aromatic heterocycles. The number of hydrogen-bond donors (Lipinski definition) is 1. The molecule has 2 aliphatic rings. The summed E-state index contributed by atoms with van der Waals surface area (Å²) in [6, 6.07) is 22.8. The van der Waals surface area contributed by atoms with E-state index in [1.54, 1.807) is 12.1 Å². The number of anilines is 1. The van der Waals surface area contributed by atoms with Crippen LogP contribution < -0.4 is 14.5 Å². The SMILES string of the molecule is Cc1cccc(COc2ccc(Br)cc2C2c3sc(=O)[nH]c3SC3C(=O)N(c4ccccc4)C(=O)C32)c1. The van der Waals surface area contributed by atoms with Crippen LogP contribution in [-0.4, -0.2) is 22.0 Å². The Bertz CT molecular complexity index is 1580. The van der Waals surface area contributed by atoms with Crippen LogP contribution in [0.15, 0.2) is 87.1 Å². The molecule has 0 radical (unpaired) electrons. The van der Waals surface area contributed by atoms with E-state index in [0.29, 0.717) is 23.1 Å². The van der Waals surface area contributed by atoms with Gasteiger partial charge in [0.2, 0.25) is 11.8 Å². The van der Waals surface area contributed by atoms with Gasteiger partial charge in [-0.15, -0.1) is 0 Å². The third-order valence-corrected chi connectivity index (χ3v) is 9.52. The van der Waals surface area contributed by atoms with E-state index in [-0.39, 0.29) is 16.7 Å². The number of nitrogens with zero attached hydrogens (tertiary/aromatic N) is 1. The number of aromatic amines is 1. The van der Waals surface area contributed by atoms with Crippen LogP contribution in [0, 0.1) is 12.8 Å². The first-order valence-electron chi connectivity index (χ1n) is 11.7. The summed E-state index contributed by atoms with van der Waals surface area (Å²) in [4.78, 5) is 44.7. The van der Waals surface area contributed by atoms with Gasteiger partial charge in [-0.3, -0.25) is 14.4 Å². The smallest absolute Gasteiger partial charge is 0.305 e. The number of benzene rings is 3. The second-order valence-corrected chi connectivity index (χ2v) is 12.1. The maximum Gasteiger partial charge on any atom is 0.305 e. The minimum Gasteiger partial charge on any atom is -0.489 e. The second kappa shape index (κ2) is 9.63. The Morgan fingerprint density at radius 2 is 1.78 bits per heavy atom. The highest BCUT2D eigenvalue weighted by Crippen LogP contribution is 2.54. The van der Waals surface area contributed by atoms with Crippen molar-refractivity contribution in [1.82, 2.24) is 4.98 Å². The maximum absolute atomic E-state index is 13.9. The van der Waals surface area contributed by atoms with E-state index in [4.69, 9.17) is 4.74 Å². The van der Waals surface area contributed by atoms with E-state index in [1.165, 1.54) is 16.7 Å². The Hall–Kier alpha value is -3.14. The van der Waals surface area contributed by atoms with Crippen molar-refractivity contribution in [3.8, 4) is 5.75 Å². The van der Waals surface area contributed by atoms with E-state index in [2.05, 4.69) is 27.0 Å². The Kier molecular flexibility index (Phi) is 6.30. The highest BCUT2D eigenvalue weighted by molar-refractivity contribution is 9.10. The Morgan fingerprint density at radius 3 is 2.57 bits per heavy atom. The van der Waals surface area contributed by atoms with Gasteiger partial charge in [-0.05, 0) is 42.8 Å². The fraction of sp³-hybridized carbons (Fsp3) is 0.179. The zero-order valence-corrected chi connectivity index (χ0v) is 22.9. The van der Waals surface area contributed by atoms with Crippen LogP contribution in [0.25, 0.3) is 0 Å². The summed E-state index contributed by atoms with van der Waals surface area (Å²) < 4.78 is 7.13. The number of aromatic nitrogens is 1. The topological polar surface area (TPSA) is 79.5 Å². The predicted octanol–water partition coefficient (Wildman–Crippen LogP) is 5.88. The van der Waals surface area contributed by atoms with Crippen molar-refractivity contribution >= 4 is 56.5 Å². The number of ether oxygens (including phenoxy) is 1. The summed E-state index contributed by atoms with van der Waals surface area (Å²) in [6.07, 6.45) is 0. The summed E-state index contributed by atoms with van der Waals surface area (Å²) in [7, 11) is 0. The quantitative estimate of drug-likeness (QED) is 0.293. The number of H-pyrrole nitrogens is 1. The standard InChI is InChI=1S/C28H21BrN2O4S2/c1-15-6-5-7-16(12-15)14-35-20-11-10-17(29)13-19(20)21-22-24(36-25-23(21)37-28(34)30-25)27(33)31(26(22)32)18-8-3-2-4-9-18/h2-13,21-22,24H,14H2,1H3,(H,30,34). The average Bonchev–Trinajstić information content (AvgIpc) is 3.38. The van der Waals surface area contributed by atoms with Gasteiger partial charge < -0.3 is 9.72 Å². The number of carbonyl (C=O) groups is 2. The molecule has 6 nitrogen and oxygen atoms in total. The van der Waals surface area contributed by atoms with Crippen molar-refractivity contribution in [1.29, 1.82) is 0 Å². The molecule has 186 valence electrons. The van der Waals surface area contributed by atoms with Gasteiger partial charge >= 0.3 is 4.87 Å². The molecule has 0 saturated carbocycles. The molecule has 1 saturated heterocycles. The number of para-hydroxylation sites is 1. The normalized spacial score (nSPS) is 20.6. The number of aryl methyl sites for hydroxylation is 1. The summed E-state index contributed by atoms with van der Waals surface area (Å²) in [6.45, 7) is 2.38. The van der Waals surface area contributed by atoms with Gasteiger partial charge in [-0.1, -0.05) is 87.1 Å². The number of amides is 2. The van der Waals surface area contributed by atoms with Gasteiger partial charge in [0.05, 0.1) is 16.6 Å². The molecule has 0 aliphatic carbocycles. The van der Waals surface area contributed by atoms with Crippen LogP contribution >= 0.6 is 39.0 Å². The largest absolute Gasteiger partial charge is 0.489 e. The highest BCUT2D eigenvalue weighted by Gasteiger charge is 2.56. The number of carbonyl (C=O) groups excluding carboxylic acids is 2. The number of nitrogens with one attached hydrogen (secondary N) is 1. The molecule has 1 fully saturated rings. The number of imide groups is 1. The van der Waals surface area contributed by atoms with Crippen molar-refractivity contribution < 1.29 is 14.3 Å². The zero-order chi connectivity index (χ0) is 25.7. The molecule has 3 heterocycles. The van der Waals surface area contributed by atoms with Gasteiger partial charge in [0, 0.05) is 20.8 Å². The number of halogens is 1. The zero-order valence-electron chi connectivity index (χ0n) is 19.6. The third kappa shape index (κ3) is 4.35. The molecule has 3 aromatic carbocycles. The van der Waals surface area contributed by atoms with E-state index in [1.807, 2.05) is 61.5 Å². The average molecular weight is 594 g/mol. The van der Waals surface area contributed by atoms with Crippen LogP contribution in [-0.2, 0) is 16.2 Å². The van der Waals surface area contributed by atoms with Crippen molar-refractivity contribution in [3.05, 3.63) is 109 Å². The van der Waals surface area contributed by atoms with Crippen LogP contribution in [0.1, 0.15) is 27.5 Å². The minimum absolute atomic E-state index is 0.209. The lowest BCUT2D eigenvalue weighted by Gasteiger charge is -2.31. The molecule has 1 N–H and O–H groups in total. The Morgan fingerprint density at radius 1 is 0.973 bits per heavy atom. The fourth-order valence-corrected chi connectivity index (χ4v) is 7.93. The summed E-state index contributed by atoms with van der Waals surface area (Å²) >= 11 is 5.93. The molecule has 3 atom stereocenters. The lowest BCUT2D eigenvalue weighted by Crippen LogP contribution is -2.32. The van der Waals surface area contributed by atoms with Crippen molar-refractivity contribution in [2.45, 2.75) is 29.7 Å². The maximum atomic E-state index is 13.9. The van der Waals surface area contributed by atoms with Crippen molar-refractivity contribution in [2.24, 2.45) is 5.92 Å². The molecule has 9 heteroatoms. The molecule has 0 bridgehead atoms. The van der Waals surface area contributed by atoms with Crippen molar-refractivity contribution in [2.75, 3.05) is 4.90 Å². The molecule has 37 heavy (non-hydrogen) atoms. The van der Waals surface area contributed by atoms with E-state index < -0.39 is 17.1 Å². The van der Waals surface area contributed by atoms with E-state index >= 15 is 0 Å². The van der Waals surface area contributed by atoms with Gasteiger partial charge in [0.25, 0.3) is 0 Å². The van der Waals surface area contributed by atoms with Crippen LogP contribution in [0.2, 0.25) is 0 Å². The lowest BCUT2D eigenvalue weighted by molar-refractivity contribution is -0.122. The second-order valence-electron chi connectivity index (χ2n) is 9.06. The number of thiazole rings is 1. The van der Waals surface area contributed by atoms with Crippen molar-refractivity contribution in [3.63, 3.8) is 0 Å². The van der Waals surface area contributed by atoms with E-state index in [9.17, 15) is 14.4 Å². The number of rotatable bonds is 5. The monoisotopic (exact) mass is 592 g/mol. The molecule has 0 spiro atoms. The summed E-state index contributed by atoms with van der Waals surface area (Å²) in [5.41, 5.74) is 3.49. The van der Waals surface area contributed by atoms with E-state index in [0.717, 1.165) is 37.4 Å². The minimum atomic E-state index is -0.674. The molecule has 2 amide bonds. The highest BCUT2D eigenvalue weighted by atomic mass is 79.9. The van der Waals surface area contributed by atoms with Gasteiger partial charge in [-0.25, -0.2) is 4.90 Å². The third-order valence-electron chi connectivity index (χ3n) is 6.62. The number of hydrogen-bond acceptors (Lipinski definition) is 6.